The molecule has 0 aliphatic heterocycles. The molecule has 58 heavy (non-hydrogen) atoms. The molecule has 0 unspecified atom stereocenters. The highest BCUT2D eigenvalue weighted by atomic mass is 16.6. The third-order valence-electron chi connectivity index (χ3n) is 7.85. The zero-order valence-corrected chi connectivity index (χ0v) is 31.0. The number of anilines is 4. The van der Waals surface area contributed by atoms with E-state index in [0.29, 0.717) is 22.7 Å². The fourth-order valence-electron chi connectivity index (χ4n) is 4.88. The Hall–Kier alpha value is -8.54. The Kier molecular flexibility index (Phi) is 14.2. The van der Waals surface area contributed by atoms with Gasteiger partial charge in [-0.3, -0.25) is 20.2 Å². The number of H-pyrrole nitrogens is 2. The van der Waals surface area contributed by atoms with Crippen molar-refractivity contribution in [1.29, 1.82) is 0 Å². The topological polar surface area (TPSA) is 252 Å². The first-order valence-corrected chi connectivity index (χ1v) is 17.3. The van der Waals surface area contributed by atoms with Crippen LogP contribution in [0.25, 0.3) is 22.3 Å². The van der Waals surface area contributed by atoms with Gasteiger partial charge in [0.05, 0.1) is 33.5 Å². The summed E-state index contributed by atoms with van der Waals surface area (Å²) in [5.74, 6) is 0. The number of para-hydroxylation sites is 2. The molecule has 0 fully saturated rings. The summed E-state index contributed by atoms with van der Waals surface area (Å²) in [6.45, 7) is 3.78. The monoisotopic (exact) mass is 780 g/mol. The average molecular weight is 781 g/mol. The number of nitrogens with zero attached hydrogens (tertiary/aromatic N) is 6. The van der Waals surface area contributed by atoms with Gasteiger partial charge in [0.25, 0.3) is 11.4 Å². The molecule has 0 saturated carbocycles. The van der Waals surface area contributed by atoms with Crippen molar-refractivity contribution >= 4 is 68.5 Å². The Balaban J connectivity index is 0.000000156. The van der Waals surface area contributed by atoms with Crippen LogP contribution in [-0.4, -0.2) is 51.8 Å². The Morgan fingerprint density at radius 1 is 0.500 bits per heavy atom. The summed E-state index contributed by atoms with van der Waals surface area (Å²) in [6, 6.07) is 32.9. The second-order valence-electron chi connectivity index (χ2n) is 12.0. The van der Waals surface area contributed by atoms with Gasteiger partial charge < -0.3 is 31.2 Å². The van der Waals surface area contributed by atoms with Crippen LogP contribution in [0.15, 0.2) is 146 Å². The van der Waals surface area contributed by atoms with E-state index in [1.807, 2.05) is 74.5 Å². The van der Waals surface area contributed by atoms with Crippen molar-refractivity contribution in [2.45, 2.75) is 13.8 Å². The number of nitro benzene ring substituents is 2. The highest BCUT2D eigenvalue weighted by Gasteiger charge is 2.09. The number of hydrogen-bond donors (Lipinski definition) is 6. The smallest absolute Gasteiger partial charge is 0.323 e. The number of aromatic amines is 2. The van der Waals surface area contributed by atoms with E-state index in [9.17, 15) is 29.8 Å². The van der Waals surface area contributed by atoms with Gasteiger partial charge in [0.2, 0.25) is 0 Å². The molecule has 0 aliphatic carbocycles. The first-order chi connectivity index (χ1) is 28.0. The maximum atomic E-state index is 11.8. The molecule has 4 amide bonds. The summed E-state index contributed by atoms with van der Waals surface area (Å²) in [7, 11) is 0. The Bertz CT molecular complexity index is 2370. The van der Waals surface area contributed by atoms with Crippen molar-refractivity contribution < 1.29 is 19.4 Å². The van der Waals surface area contributed by atoms with Gasteiger partial charge >= 0.3 is 12.1 Å². The molecule has 8 aromatic rings. The molecule has 18 nitrogen and oxygen atoms in total. The number of non-ortho nitro benzene ring substituents is 2. The van der Waals surface area contributed by atoms with Gasteiger partial charge in [-0.1, -0.05) is 36.4 Å². The van der Waals surface area contributed by atoms with E-state index in [2.05, 4.69) is 51.2 Å². The summed E-state index contributed by atoms with van der Waals surface area (Å²) in [6.07, 6.45) is 6.72. The molecular formula is C40H36N12O6. The van der Waals surface area contributed by atoms with E-state index in [-0.39, 0.29) is 11.4 Å². The number of aromatic nitrogens is 6. The normalized spacial score (nSPS) is 9.97. The van der Waals surface area contributed by atoms with Crippen LogP contribution in [0.1, 0.15) is 11.1 Å². The maximum absolute atomic E-state index is 11.8. The van der Waals surface area contributed by atoms with E-state index in [4.69, 9.17) is 0 Å². The van der Waals surface area contributed by atoms with Crippen molar-refractivity contribution in [3.8, 4) is 0 Å². The van der Waals surface area contributed by atoms with Crippen molar-refractivity contribution in [2.75, 3.05) is 21.3 Å². The second kappa shape index (κ2) is 20.2. The van der Waals surface area contributed by atoms with Gasteiger partial charge in [-0.05, 0) is 85.6 Å². The minimum Gasteiger partial charge on any atom is -0.343 e. The number of carbonyl (C=O) groups is 2. The van der Waals surface area contributed by atoms with Crippen LogP contribution < -0.4 is 21.3 Å². The molecule has 0 bridgehead atoms. The van der Waals surface area contributed by atoms with Crippen molar-refractivity contribution in [3.05, 3.63) is 178 Å². The van der Waals surface area contributed by atoms with Crippen molar-refractivity contribution in [1.82, 2.24) is 29.9 Å². The van der Waals surface area contributed by atoms with E-state index in [1.54, 1.807) is 37.2 Å². The lowest BCUT2D eigenvalue weighted by atomic mass is 10.2. The maximum Gasteiger partial charge on any atom is 0.323 e. The van der Waals surface area contributed by atoms with E-state index in [1.165, 1.54) is 48.5 Å². The fourth-order valence-corrected chi connectivity index (χ4v) is 4.88. The molecule has 4 aromatic heterocycles. The quantitative estimate of drug-likeness (QED) is 0.0689. The summed E-state index contributed by atoms with van der Waals surface area (Å²) in [4.78, 5) is 65.4. The largest absolute Gasteiger partial charge is 0.343 e. The zero-order chi connectivity index (χ0) is 41.3. The minimum atomic E-state index is -0.489. The molecule has 0 radical (unpaired) electrons. The number of imidazole rings is 2. The number of carbonyl (C=O) groups excluding carboxylic acids is 2. The zero-order valence-electron chi connectivity index (χ0n) is 31.0. The predicted molar refractivity (Wildman–Crippen MR) is 222 cm³/mol. The number of amides is 4. The summed E-state index contributed by atoms with van der Waals surface area (Å²) >= 11 is 0. The molecule has 4 heterocycles. The second-order valence-corrected chi connectivity index (χ2v) is 12.0. The average Bonchev–Trinajstić information content (AvgIpc) is 3.91. The summed E-state index contributed by atoms with van der Waals surface area (Å²) < 4.78 is 0. The number of nitrogens with one attached hydrogen (secondary N) is 6. The number of aryl methyl sites for hydroxylation is 2. The van der Waals surface area contributed by atoms with Crippen LogP contribution in [0.3, 0.4) is 0 Å². The molecule has 4 aromatic carbocycles. The molecule has 0 aliphatic rings. The van der Waals surface area contributed by atoms with Crippen LogP contribution in [0, 0.1) is 34.1 Å². The summed E-state index contributed by atoms with van der Waals surface area (Å²) in [5.41, 5.74) is 7.79. The third-order valence-corrected chi connectivity index (χ3v) is 7.85. The number of benzene rings is 4. The molecule has 0 atom stereocenters. The van der Waals surface area contributed by atoms with Crippen molar-refractivity contribution in [2.24, 2.45) is 0 Å². The lowest BCUT2D eigenvalue weighted by Crippen LogP contribution is -2.19. The van der Waals surface area contributed by atoms with Gasteiger partial charge in [0, 0.05) is 59.4 Å². The highest BCUT2D eigenvalue weighted by molar-refractivity contribution is 6.01. The number of urea groups is 2. The number of fused-ring (bicyclic) bond motifs is 2. The standard InChI is InChI=1S/2C14H13N3O3.2C6H5N3/c2*1-10-4-2-3-5-13(10)16-14(18)15-11-6-8-12(9-7-11)17(19)20;2*1-2-5-6(7-3-1)9-4-8-5/h2*2-9H,1H3,(H2,15,16,18);2*1-4H,(H,7,8,9). The van der Waals surface area contributed by atoms with Crippen molar-refractivity contribution in [3.63, 3.8) is 0 Å². The highest BCUT2D eigenvalue weighted by Crippen LogP contribution is 2.19. The molecule has 0 saturated heterocycles. The number of pyridine rings is 2. The number of rotatable bonds is 6. The molecule has 18 heteroatoms. The first kappa shape index (κ1) is 40.6. The van der Waals surface area contributed by atoms with Gasteiger partial charge in [-0.2, -0.15) is 0 Å². The van der Waals surface area contributed by atoms with Crippen LogP contribution in [0.4, 0.5) is 43.7 Å². The third kappa shape index (κ3) is 12.2. The predicted octanol–water partition coefficient (Wildman–Crippen LogP) is 9.01. The van der Waals surface area contributed by atoms with E-state index < -0.39 is 21.9 Å². The van der Waals surface area contributed by atoms with Gasteiger partial charge in [0.1, 0.15) is 0 Å². The van der Waals surface area contributed by atoms with Crippen LogP contribution >= 0.6 is 0 Å². The van der Waals surface area contributed by atoms with Crippen LogP contribution in [-0.2, 0) is 0 Å². The lowest BCUT2D eigenvalue weighted by Gasteiger charge is -2.09. The van der Waals surface area contributed by atoms with Gasteiger partial charge in [-0.25, -0.2) is 29.5 Å². The van der Waals surface area contributed by atoms with Gasteiger partial charge in [-0.15, -0.1) is 0 Å². The van der Waals surface area contributed by atoms with Gasteiger partial charge in [0.15, 0.2) is 11.3 Å². The number of hydrogen-bond acceptors (Lipinski definition) is 10. The summed E-state index contributed by atoms with van der Waals surface area (Å²) in [5, 5.41) is 31.7. The fraction of sp³-hybridized carbons (Fsp3) is 0.0500. The SMILES string of the molecule is Cc1ccccc1NC(=O)Nc1ccc([N+](=O)[O-])cc1.Cc1ccccc1NC(=O)Nc1ccc([N+](=O)[O-])cc1.c1cnc2nc[nH]c2c1.c1cnc2nc[nH]c2c1. The molecule has 292 valence electrons. The Morgan fingerprint density at radius 2 is 0.879 bits per heavy atom. The Morgan fingerprint density at radius 3 is 1.22 bits per heavy atom. The molecular weight excluding hydrogens is 745 g/mol. The molecule has 8 rings (SSSR count). The lowest BCUT2D eigenvalue weighted by molar-refractivity contribution is -0.385. The van der Waals surface area contributed by atoms with E-state index in [0.717, 1.165) is 33.5 Å². The van der Waals surface area contributed by atoms with E-state index >= 15 is 0 Å². The number of nitro groups is 2. The first-order valence-electron chi connectivity index (χ1n) is 17.3. The minimum absolute atomic E-state index is 0.0186. The van der Waals surface area contributed by atoms with Crippen LogP contribution in [0.5, 0.6) is 0 Å². The Labute approximate surface area is 330 Å². The molecule has 6 N–H and O–H groups in total. The molecule has 0 spiro atoms. The van der Waals surface area contributed by atoms with Crippen LogP contribution in [0.2, 0.25) is 0 Å².